The minimum atomic E-state index is -3.80. The molecule has 0 fully saturated rings. The Bertz CT molecular complexity index is 1190. The number of benzene rings is 3. The van der Waals surface area contributed by atoms with Crippen LogP contribution in [0.3, 0.4) is 0 Å². The van der Waals surface area contributed by atoms with E-state index in [0.717, 1.165) is 11.1 Å². The summed E-state index contributed by atoms with van der Waals surface area (Å²) in [7, 11) is -2.24. The third-order valence-corrected chi connectivity index (χ3v) is 6.47. The smallest absolute Gasteiger partial charge is 0.261 e. The van der Waals surface area contributed by atoms with Crippen LogP contribution in [0.25, 0.3) is 0 Å². The van der Waals surface area contributed by atoms with Crippen LogP contribution in [0.15, 0.2) is 71.6 Å². The van der Waals surface area contributed by atoms with Gasteiger partial charge in [0.15, 0.2) is 0 Å². The van der Waals surface area contributed by atoms with E-state index in [0.29, 0.717) is 5.75 Å². The molecule has 1 atom stereocenters. The van der Waals surface area contributed by atoms with Gasteiger partial charge in [0.2, 0.25) is 0 Å². The molecule has 3 aromatic rings. The van der Waals surface area contributed by atoms with Crippen LogP contribution >= 0.6 is 11.6 Å². The van der Waals surface area contributed by atoms with Gasteiger partial charge in [-0.3, -0.25) is 9.52 Å². The lowest BCUT2D eigenvalue weighted by Crippen LogP contribution is -2.27. The number of ether oxygens (including phenoxy) is 1. The molecule has 0 radical (unpaired) electrons. The lowest BCUT2D eigenvalue weighted by Gasteiger charge is -2.18. The number of para-hydroxylation sites is 1. The first kappa shape index (κ1) is 22.7. The second kappa shape index (κ2) is 9.41. The highest BCUT2D eigenvalue weighted by molar-refractivity contribution is 7.92. The Morgan fingerprint density at radius 2 is 1.71 bits per heavy atom. The molecule has 0 heterocycles. The van der Waals surface area contributed by atoms with Gasteiger partial charge in [-0.2, -0.15) is 0 Å². The van der Waals surface area contributed by atoms with E-state index in [1.54, 1.807) is 19.2 Å². The molecule has 0 aliphatic heterocycles. The van der Waals surface area contributed by atoms with Gasteiger partial charge in [-0.15, -0.1) is 0 Å². The SMILES string of the molecule is COc1ccccc1[C@@H](C)NC(=O)c1cc(NS(=O)(=O)c2ccc(C)cc2)ccc1Cl. The lowest BCUT2D eigenvalue weighted by molar-refractivity contribution is 0.0939. The van der Waals surface area contributed by atoms with Crippen molar-refractivity contribution in [1.82, 2.24) is 5.32 Å². The van der Waals surface area contributed by atoms with Gasteiger partial charge in [0.05, 0.1) is 28.6 Å². The van der Waals surface area contributed by atoms with E-state index in [1.807, 2.05) is 38.1 Å². The molecule has 0 saturated carbocycles. The molecule has 1 amide bonds. The second-order valence-corrected chi connectivity index (χ2v) is 9.14. The highest BCUT2D eigenvalue weighted by Gasteiger charge is 2.19. The van der Waals surface area contributed by atoms with Crippen molar-refractivity contribution in [2.45, 2.75) is 24.8 Å². The van der Waals surface area contributed by atoms with Crippen molar-refractivity contribution in [3.8, 4) is 5.75 Å². The predicted octanol–water partition coefficient (Wildman–Crippen LogP) is 4.95. The third-order valence-electron chi connectivity index (χ3n) is 4.75. The normalized spacial score (nSPS) is 12.1. The minimum absolute atomic E-state index is 0.129. The van der Waals surface area contributed by atoms with Crippen molar-refractivity contribution in [3.63, 3.8) is 0 Å². The molecule has 2 N–H and O–H groups in total. The number of amides is 1. The van der Waals surface area contributed by atoms with Gasteiger partial charge in [-0.05, 0) is 50.2 Å². The molecule has 31 heavy (non-hydrogen) atoms. The molecular formula is C23H23ClN2O4S. The molecule has 6 nitrogen and oxygen atoms in total. The monoisotopic (exact) mass is 458 g/mol. The van der Waals surface area contributed by atoms with Crippen molar-refractivity contribution in [2.24, 2.45) is 0 Å². The molecule has 0 unspecified atom stereocenters. The summed E-state index contributed by atoms with van der Waals surface area (Å²) in [6.07, 6.45) is 0. The number of hydrogen-bond acceptors (Lipinski definition) is 4. The molecule has 3 rings (SSSR count). The highest BCUT2D eigenvalue weighted by atomic mass is 35.5. The first-order valence-electron chi connectivity index (χ1n) is 9.54. The van der Waals surface area contributed by atoms with Gasteiger partial charge in [-0.1, -0.05) is 47.5 Å². The maximum Gasteiger partial charge on any atom is 0.261 e. The summed E-state index contributed by atoms with van der Waals surface area (Å²) in [5, 5.41) is 3.09. The number of sulfonamides is 1. The van der Waals surface area contributed by atoms with E-state index >= 15 is 0 Å². The molecule has 0 aliphatic carbocycles. The van der Waals surface area contributed by atoms with Crippen LogP contribution in [0.2, 0.25) is 5.02 Å². The zero-order chi connectivity index (χ0) is 22.6. The van der Waals surface area contributed by atoms with Gasteiger partial charge in [0, 0.05) is 11.3 Å². The summed E-state index contributed by atoms with van der Waals surface area (Å²) in [5.41, 5.74) is 2.16. The molecule has 0 aromatic heterocycles. The molecule has 0 aliphatic rings. The Balaban J connectivity index is 1.82. The molecule has 0 bridgehead atoms. The molecule has 162 valence electrons. The summed E-state index contributed by atoms with van der Waals surface area (Å²) in [6.45, 7) is 3.70. The van der Waals surface area contributed by atoms with Gasteiger partial charge in [0.25, 0.3) is 15.9 Å². The first-order valence-corrected chi connectivity index (χ1v) is 11.4. The number of aryl methyl sites for hydroxylation is 1. The Hall–Kier alpha value is -3.03. The number of carbonyl (C=O) groups excluding carboxylic acids is 1. The standard InChI is InChI=1S/C23H23ClN2O4S/c1-15-8-11-18(12-9-15)31(28,29)26-17-10-13-21(24)20(14-17)23(27)25-16(2)19-6-4-5-7-22(19)30-3/h4-14,16,26H,1-3H3,(H,25,27)/t16-/m1/s1. The largest absolute Gasteiger partial charge is 0.496 e. The van der Waals surface area contributed by atoms with Crippen LogP contribution in [-0.4, -0.2) is 21.4 Å². The van der Waals surface area contributed by atoms with Crippen LogP contribution in [0.1, 0.15) is 34.5 Å². The first-order chi connectivity index (χ1) is 14.7. The molecule has 8 heteroatoms. The number of methoxy groups -OCH3 is 1. The summed E-state index contributed by atoms with van der Waals surface area (Å²) in [4.78, 5) is 13.0. The highest BCUT2D eigenvalue weighted by Crippen LogP contribution is 2.27. The maximum absolute atomic E-state index is 12.9. The number of hydrogen-bond donors (Lipinski definition) is 2. The lowest BCUT2D eigenvalue weighted by atomic mass is 10.1. The molecular weight excluding hydrogens is 436 g/mol. The summed E-state index contributed by atoms with van der Waals surface area (Å²) in [6, 6.07) is 17.9. The maximum atomic E-state index is 12.9. The fourth-order valence-corrected chi connectivity index (χ4v) is 4.32. The van der Waals surface area contributed by atoms with E-state index in [4.69, 9.17) is 16.3 Å². The van der Waals surface area contributed by atoms with Gasteiger partial charge < -0.3 is 10.1 Å². The van der Waals surface area contributed by atoms with Crippen molar-refractivity contribution >= 4 is 33.2 Å². The summed E-state index contributed by atoms with van der Waals surface area (Å²) < 4.78 is 33.1. The van der Waals surface area contributed by atoms with Gasteiger partial charge in [0.1, 0.15) is 5.75 Å². The van der Waals surface area contributed by atoms with Crippen molar-refractivity contribution in [2.75, 3.05) is 11.8 Å². The molecule has 0 spiro atoms. The summed E-state index contributed by atoms with van der Waals surface area (Å²) in [5.74, 6) is 0.223. The summed E-state index contributed by atoms with van der Waals surface area (Å²) >= 11 is 6.22. The average Bonchev–Trinajstić information content (AvgIpc) is 2.75. The Labute approximate surface area is 187 Å². The number of nitrogens with one attached hydrogen (secondary N) is 2. The van der Waals surface area contributed by atoms with E-state index in [-0.39, 0.29) is 27.2 Å². The van der Waals surface area contributed by atoms with Crippen LogP contribution in [0, 0.1) is 6.92 Å². The van der Waals surface area contributed by atoms with Crippen LogP contribution in [0.4, 0.5) is 5.69 Å². The van der Waals surface area contributed by atoms with E-state index in [9.17, 15) is 13.2 Å². The number of anilines is 1. The third kappa shape index (κ3) is 5.37. The Kier molecular flexibility index (Phi) is 6.87. The van der Waals surface area contributed by atoms with E-state index < -0.39 is 15.9 Å². The van der Waals surface area contributed by atoms with Gasteiger partial charge >= 0.3 is 0 Å². The van der Waals surface area contributed by atoms with Crippen molar-refractivity contribution < 1.29 is 17.9 Å². The topological polar surface area (TPSA) is 84.5 Å². The van der Waals surface area contributed by atoms with E-state index in [2.05, 4.69) is 10.0 Å². The number of rotatable bonds is 7. The quantitative estimate of drug-likeness (QED) is 0.524. The van der Waals surface area contributed by atoms with Crippen molar-refractivity contribution in [3.05, 3.63) is 88.4 Å². The van der Waals surface area contributed by atoms with Crippen LogP contribution < -0.4 is 14.8 Å². The molecule has 3 aromatic carbocycles. The second-order valence-electron chi connectivity index (χ2n) is 7.05. The Morgan fingerprint density at radius 3 is 2.39 bits per heavy atom. The zero-order valence-electron chi connectivity index (χ0n) is 17.3. The number of halogens is 1. The molecule has 0 saturated heterocycles. The Morgan fingerprint density at radius 1 is 1.03 bits per heavy atom. The zero-order valence-corrected chi connectivity index (χ0v) is 18.9. The van der Waals surface area contributed by atoms with E-state index in [1.165, 1.54) is 30.3 Å². The fraction of sp³-hybridized carbons (Fsp3) is 0.174. The minimum Gasteiger partial charge on any atom is -0.496 e. The van der Waals surface area contributed by atoms with Crippen molar-refractivity contribution in [1.29, 1.82) is 0 Å². The predicted molar refractivity (Wildman–Crippen MR) is 122 cm³/mol. The number of carbonyl (C=O) groups is 1. The average molecular weight is 459 g/mol. The van der Waals surface area contributed by atoms with Crippen LogP contribution in [0.5, 0.6) is 5.75 Å². The van der Waals surface area contributed by atoms with Crippen LogP contribution in [-0.2, 0) is 10.0 Å². The fourth-order valence-electron chi connectivity index (χ4n) is 3.07. The van der Waals surface area contributed by atoms with Gasteiger partial charge in [-0.25, -0.2) is 8.42 Å².